The van der Waals surface area contributed by atoms with Crippen LogP contribution in [-0.4, -0.2) is 48.0 Å². The molecule has 0 saturated carbocycles. The number of anilines is 1. The van der Waals surface area contributed by atoms with Crippen LogP contribution in [-0.2, 0) is 16.0 Å². The van der Waals surface area contributed by atoms with Gasteiger partial charge in [-0.05, 0) is 30.2 Å². The van der Waals surface area contributed by atoms with Gasteiger partial charge in [0.25, 0.3) is 0 Å². The van der Waals surface area contributed by atoms with Crippen molar-refractivity contribution in [1.82, 2.24) is 15.3 Å². The van der Waals surface area contributed by atoms with Gasteiger partial charge in [-0.1, -0.05) is 6.07 Å². The van der Waals surface area contributed by atoms with E-state index < -0.39 is 0 Å². The molecule has 2 aliphatic heterocycles. The molecule has 2 aliphatic rings. The summed E-state index contributed by atoms with van der Waals surface area (Å²) in [6.45, 7) is 1.36. The van der Waals surface area contributed by atoms with Crippen LogP contribution in [0, 0.1) is 0 Å². The third-order valence-corrected chi connectivity index (χ3v) is 4.42. The van der Waals surface area contributed by atoms with Crippen LogP contribution in [0.3, 0.4) is 0 Å². The fourth-order valence-electron chi connectivity index (χ4n) is 3.11. The molecule has 8 nitrogen and oxygen atoms in total. The van der Waals surface area contributed by atoms with Gasteiger partial charge in [0.05, 0.1) is 25.1 Å². The number of nitrogens with one attached hydrogen (secondary N) is 2. The Hall–Kier alpha value is -2.87. The maximum Gasteiger partial charge on any atom is 0.231 e. The molecule has 1 saturated heterocycles. The zero-order valence-corrected chi connectivity index (χ0v) is 14.2. The molecule has 0 unspecified atom stereocenters. The van der Waals surface area contributed by atoms with Crippen molar-refractivity contribution in [2.24, 2.45) is 0 Å². The van der Waals surface area contributed by atoms with E-state index in [0.29, 0.717) is 30.5 Å². The molecule has 1 fully saturated rings. The second-order valence-electron chi connectivity index (χ2n) is 6.25. The van der Waals surface area contributed by atoms with Gasteiger partial charge < -0.3 is 24.8 Å². The molecular weight excluding hydrogens is 336 g/mol. The lowest BCUT2D eigenvalue weighted by atomic mass is 10.0. The predicted molar refractivity (Wildman–Crippen MR) is 93.1 cm³/mol. The molecule has 0 aliphatic carbocycles. The average Bonchev–Trinajstić information content (AvgIpc) is 3.12. The Bertz CT molecular complexity index is 771. The van der Waals surface area contributed by atoms with Crippen molar-refractivity contribution >= 4 is 11.7 Å². The molecule has 8 heteroatoms. The summed E-state index contributed by atoms with van der Waals surface area (Å²) in [5, 5.41) is 6.42. The minimum atomic E-state index is -0.0423. The summed E-state index contributed by atoms with van der Waals surface area (Å²) in [6.07, 6.45) is 4.19. The highest BCUT2D eigenvalue weighted by molar-refractivity contribution is 5.79. The molecule has 2 N–H and O–H groups in total. The Morgan fingerprint density at radius 3 is 3.00 bits per heavy atom. The maximum atomic E-state index is 12.5. The molecule has 4 rings (SSSR count). The summed E-state index contributed by atoms with van der Waals surface area (Å²) in [4.78, 5) is 20.6. The molecule has 1 aromatic carbocycles. The van der Waals surface area contributed by atoms with E-state index in [1.165, 1.54) is 6.33 Å². The first-order valence-electron chi connectivity index (χ1n) is 8.56. The van der Waals surface area contributed by atoms with Gasteiger partial charge in [0.2, 0.25) is 12.7 Å². The molecule has 1 aromatic heterocycles. The van der Waals surface area contributed by atoms with Crippen molar-refractivity contribution < 1.29 is 19.0 Å². The second kappa shape index (κ2) is 7.57. The average molecular weight is 356 g/mol. The first kappa shape index (κ1) is 16.6. The highest BCUT2D eigenvalue weighted by Crippen LogP contribution is 2.32. The predicted octanol–water partition coefficient (Wildman–Crippen LogP) is 1.13. The monoisotopic (exact) mass is 356 g/mol. The molecule has 136 valence electrons. The van der Waals surface area contributed by atoms with E-state index in [9.17, 15) is 4.79 Å². The van der Waals surface area contributed by atoms with Crippen LogP contribution >= 0.6 is 0 Å². The number of aromatic nitrogens is 2. The zero-order chi connectivity index (χ0) is 17.8. The smallest absolute Gasteiger partial charge is 0.231 e. The molecule has 26 heavy (non-hydrogen) atoms. The number of carbonyl (C=O) groups is 1. The molecule has 0 spiro atoms. The number of rotatable bonds is 5. The van der Waals surface area contributed by atoms with Gasteiger partial charge in [-0.25, -0.2) is 9.97 Å². The van der Waals surface area contributed by atoms with E-state index >= 15 is 0 Å². The minimum Gasteiger partial charge on any atom is -0.454 e. The Labute approximate surface area is 150 Å². The van der Waals surface area contributed by atoms with Crippen LogP contribution in [0.4, 0.5) is 5.82 Å². The largest absolute Gasteiger partial charge is 0.454 e. The fourth-order valence-corrected chi connectivity index (χ4v) is 3.11. The van der Waals surface area contributed by atoms with Gasteiger partial charge in [-0.15, -0.1) is 0 Å². The summed E-state index contributed by atoms with van der Waals surface area (Å²) < 4.78 is 16.2. The molecular formula is C18H20N4O4. The van der Waals surface area contributed by atoms with Crippen molar-refractivity contribution in [3.05, 3.63) is 42.4 Å². The lowest BCUT2D eigenvalue weighted by molar-refractivity contribution is -0.121. The van der Waals surface area contributed by atoms with Gasteiger partial charge in [0.1, 0.15) is 12.1 Å². The van der Waals surface area contributed by atoms with E-state index in [-0.39, 0.29) is 31.2 Å². The lowest BCUT2D eigenvalue weighted by Gasteiger charge is -2.33. The van der Waals surface area contributed by atoms with Crippen LogP contribution in [0.5, 0.6) is 11.5 Å². The van der Waals surface area contributed by atoms with Crippen molar-refractivity contribution in [2.45, 2.75) is 24.9 Å². The number of nitrogens with zero attached hydrogens (tertiary/aromatic N) is 2. The van der Waals surface area contributed by atoms with Gasteiger partial charge >= 0.3 is 0 Å². The van der Waals surface area contributed by atoms with Crippen LogP contribution in [0.15, 0.2) is 36.8 Å². The van der Waals surface area contributed by atoms with E-state index in [2.05, 4.69) is 20.6 Å². The zero-order valence-electron chi connectivity index (χ0n) is 14.2. The topological polar surface area (TPSA) is 94.6 Å². The molecule has 3 heterocycles. The summed E-state index contributed by atoms with van der Waals surface area (Å²) in [5.74, 6) is 2.08. The van der Waals surface area contributed by atoms with Gasteiger partial charge in [0, 0.05) is 12.8 Å². The highest BCUT2D eigenvalue weighted by Gasteiger charge is 2.27. The lowest BCUT2D eigenvalue weighted by Crippen LogP contribution is -2.52. The number of benzene rings is 1. The van der Waals surface area contributed by atoms with Gasteiger partial charge in [-0.2, -0.15) is 0 Å². The third kappa shape index (κ3) is 3.85. The fraction of sp³-hybridized carbons (Fsp3) is 0.389. The summed E-state index contributed by atoms with van der Waals surface area (Å²) in [6, 6.07) is 7.29. The Kier molecular flexibility index (Phi) is 4.83. The molecule has 0 bridgehead atoms. The van der Waals surface area contributed by atoms with Gasteiger partial charge in [0.15, 0.2) is 11.5 Å². The number of amides is 1. The number of fused-ring (bicyclic) bond motifs is 1. The van der Waals surface area contributed by atoms with E-state index in [0.717, 1.165) is 12.0 Å². The number of ether oxygens (including phenoxy) is 3. The van der Waals surface area contributed by atoms with Crippen molar-refractivity contribution in [3.8, 4) is 11.5 Å². The minimum absolute atomic E-state index is 0.0276. The quantitative estimate of drug-likeness (QED) is 0.829. The van der Waals surface area contributed by atoms with Crippen LogP contribution in [0.1, 0.15) is 12.0 Å². The summed E-state index contributed by atoms with van der Waals surface area (Å²) in [7, 11) is 0. The molecule has 0 radical (unpaired) electrons. The first-order chi connectivity index (χ1) is 12.8. The normalized spacial score (nSPS) is 21.2. The van der Waals surface area contributed by atoms with Crippen molar-refractivity contribution in [1.29, 1.82) is 0 Å². The third-order valence-electron chi connectivity index (χ3n) is 4.42. The summed E-state index contributed by atoms with van der Waals surface area (Å²) in [5.41, 5.74) is 0.888. The Morgan fingerprint density at radius 2 is 2.12 bits per heavy atom. The molecule has 2 aromatic rings. The van der Waals surface area contributed by atoms with E-state index in [1.54, 1.807) is 12.3 Å². The van der Waals surface area contributed by atoms with Crippen LogP contribution in [0.2, 0.25) is 0 Å². The van der Waals surface area contributed by atoms with Crippen molar-refractivity contribution in [3.63, 3.8) is 0 Å². The van der Waals surface area contributed by atoms with E-state index in [1.807, 2.05) is 18.2 Å². The first-order valence-corrected chi connectivity index (χ1v) is 8.56. The van der Waals surface area contributed by atoms with Crippen LogP contribution < -0.4 is 20.1 Å². The standard InChI is InChI=1S/C18H20N4O4/c23-18(8-12-1-2-15-16(7-12)26-11-25-15)22-13-4-6-24-9-14(13)21-17-3-5-19-10-20-17/h1-3,5,7,10,13-14H,4,6,8-9,11H2,(H,22,23)(H,19,20,21)/t13-,14+/m0/s1. The SMILES string of the molecule is O=C(Cc1ccc2c(c1)OCO2)N[C@H]1CCOC[C@H]1Nc1ccncn1. The number of carbonyl (C=O) groups excluding carboxylic acids is 1. The number of hydrogen-bond donors (Lipinski definition) is 2. The Morgan fingerprint density at radius 1 is 1.19 bits per heavy atom. The molecule has 1 amide bonds. The highest BCUT2D eigenvalue weighted by atomic mass is 16.7. The maximum absolute atomic E-state index is 12.5. The molecule has 2 atom stereocenters. The number of hydrogen-bond acceptors (Lipinski definition) is 7. The second-order valence-corrected chi connectivity index (χ2v) is 6.25. The van der Waals surface area contributed by atoms with E-state index in [4.69, 9.17) is 14.2 Å². The van der Waals surface area contributed by atoms with Crippen molar-refractivity contribution in [2.75, 3.05) is 25.3 Å². The Balaban J connectivity index is 1.37. The van der Waals surface area contributed by atoms with Crippen LogP contribution in [0.25, 0.3) is 0 Å². The summed E-state index contributed by atoms with van der Waals surface area (Å²) >= 11 is 0. The van der Waals surface area contributed by atoms with Gasteiger partial charge in [-0.3, -0.25) is 4.79 Å².